The van der Waals surface area contributed by atoms with Gasteiger partial charge in [-0.2, -0.15) is 5.10 Å². The van der Waals surface area contributed by atoms with Gasteiger partial charge >= 0.3 is 0 Å². The highest BCUT2D eigenvalue weighted by Crippen LogP contribution is 2.34. The van der Waals surface area contributed by atoms with E-state index in [4.69, 9.17) is 9.72 Å². The molecular formula is C30H29FN8O3S. The quantitative estimate of drug-likeness (QED) is 0.211. The molecule has 6 aromatic rings. The number of fused-ring (bicyclic) bond motifs is 2. The van der Waals surface area contributed by atoms with E-state index in [-0.39, 0.29) is 6.54 Å². The Hall–Kier alpha value is -4.72. The Morgan fingerprint density at radius 2 is 1.86 bits per heavy atom. The molecule has 0 saturated carbocycles. The molecule has 43 heavy (non-hydrogen) atoms. The highest BCUT2D eigenvalue weighted by molar-refractivity contribution is 7.88. The minimum atomic E-state index is -3.44. The Morgan fingerprint density at radius 1 is 1.00 bits per heavy atom. The first-order chi connectivity index (χ1) is 20.6. The van der Waals surface area contributed by atoms with E-state index < -0.39 is 15.8 Å². The van der Waals surface area contributed by atoms with Gasteiger partial charge in [0.25, 0.3) is 0 Å². The van der Waals surface area contributed by atoms with Gasteiger partial charge in [-0.25, -0.2) is 22.5 Å². The fraction of sp³-hybridized carbons (Fsp3) is 0.200. The molecule has 1 aromatic carbocycles. The summed E-state index contributed by atoms with van der Waals surface area (Å²) in [6.45, 7) is 1.29. The van der Waals surface area contributed by atoms with Gasteiger partial charge in [0.15, 0.2) is 0 Å². The van der Waals surface area contributed by atoms with Crippen LogP contribution in [0.3, 0.4) is 0 Å². The molecule has 0 radical (unpaired) electrons. The standard InChI is InChI=1S/C30H29FN8O3S/c1-39(2)8-9-42-22-13-20(16-32-17-22)24-4-5-26-29(36-24)30(38-37-26)27-14-23-25(35-27)6-7-33-28(23)19-10-18(11-21(31)12-19)15-34-43(3,40)41/h4-7,10-14,16-17,34-35H,8-9,15H2,1-3H3,(H,37,38). The molecule has 6 rings (SSSR count). The third-order valence-corrected chi connectivity index (χ3v) is 7.47. The van der Waals surface area contributed by atoms with E-state index in [1.807, 2.05) is 49.3 Å². The maximum atomic E-state index is 14.6. The zero-order valence-electron chi connectivity index (χ0n) is 23.7. The number of hydrogen-bond acceptors (Lipinski definition) is 8. The third kappa shape index (κ3) is 6.38. The van der Waals surface area contributed by atoms with Crippen LogP contribution in [0.25, 0.3) is 55.8 Å². The van der Waals surface area contributed by atoms with Crippen LogP contribution >= 0.6 is 0 Å². The van der Waals surface area contributed by atoms with Crippen LogP contribution in [0.4, 0.5) is 4.39 Å². The number of sulfonamides is 1. The summed E-state index contributed by atoms with van der Waals surface area (Å²) in [5, 5.41) is 8.34. The van der Waals surface area contributed by atoms with Gasteiger partial charge in [-0.1, -0.05) is 0 Å². The van der Waals surface area contributed by atoms with Gasteiger partial charge in [-0.15, -0.1) is 0 Å². The summed E-state index contributed by atoms with van der Waals surface area (Å²) in [6, 6.07) is 13.9. The zero-order chi connectivity index (χ0) is 30.1. The molecule has 3 N–H and O–H groups in total. The highest BCUT2D eigenvalue weighted by Gasteiger charge is 2.17. The van der Waals surface area contributed by atoms with E-state index in [1.54, 1.807) is 24.7 Å². The molecule has 0 saturated heterocycles. The normalized spacial score (nSPS) is 12.0. The van der Waals surface area contributed by atoms with E-state index in [0.717, 1.165) is 34.8 Å². The topological polar surface area (TPSA) is 142 Å². The summed E-state index contributed by atoms with van der Waals surface area (Å²) in [5.41, 5.74) is 6.59. The summed E-state index contributed by atoms with van der Waals surface area (Å²) in [6.07, 6.45) is 6.12. The number of ether oxygens (including phenoxy) is 1. The van der Waals surface area contributed by atoms with Crippen molar-refractivity contribution in [2.24, 2.45) is 0 Å². The van der Waals surface area contributed by atoms with E-state index in [0.29, 0.717) is 51.8 Å². The second kappa shape index (κ2) is 11.5. The van der Waals surface area contributed by atoms with Gasteiger partial charge in [-0.3, -0.25) is 15.1 Å². The molecule has 5 aromatic heterocycles. The SMILES string of the molecule is CN(C)CCOc1cncc(-c2ccc3[nH]nc(-c4cc5c(-c6cc(F)cc(CNS(C)(=O)=O)c6)nccc5[nH]4)c3n2)c1. The summed E-state index contributed by atoms with van der Waals surface area (Å²) in [5.74, 6) is 0.172. The molecule has 220 valence electrons. The Labute approximate surface area is 247 Å². The smallest absolute Gasteiger partial charge is 0.209 e. The van der Waals surface area contributed by atoms with Crippen LogP contribution < -0.4 is 9.46 Å². The van der Waals surface area contributed by atoms with Crippen LogP contribution in [0.2, 0.25) is 0 Å². The summed E-state index contributed by atoms with van der Waals surface area (Å²) in [7, 11) is 0.543. The lowest BCUT2D eigenvalue weighted by molar-refractivity contribution is 0.261. The first-order valence-corrected chi connectivity index (χ1v) is 15.3. The first-order valence-electron chi connectivity index (χ1n) is 13.4. The molecule has 0 spiro atoms. The Balaban J connectivity index is 1.35. The lowest BCUT2D eigenvalue weighted by atomic mass is 10.0. The first kappa shape index (κ1) is 28.4. The average Bonchev–Trinajstić information content (AvgIpc) is 3.59. The number of rotatable bonds is 10. The number of nitrogens with one attached hydrogen (secondary N) is 3. The van der Waals surface area contributed by atoms with Crippen LogP contribution in [0.1, 0.15) is 5.56 Å². The predicted octanol–water partition coefficient (Wildman–Crippen LogP) is 4.36. The van der Waals surface area contributed by atoms with Gasteiger partial charge in [0, 0.05) is 47.5 Å². The summed E-state index contributed by atoms with van der Waals surface area (Å²) >= 11 is 0. The summed E-state index contributed by atoms with van der Waals surface area (Å²) in [4.78, 5) is 19.2. The largest absolute Gasteiger partial charge is 0.491 e. The minimum absolute atomic E-state index is 0.0359. The fourth-order valence-electron chi connectivity index (χ4n) is 4.75. The van der Waals surface area contributed by atoms with Gasteiger partial charge < -0.3 is 14.6 Å². The van der Waals surface area contributed by atoms with E-state index in [9.17, 15) is 12.8 Å². The van der Waals surface area contributed by atoms with Gasteiger partial charge in [-0.05, 0) is 68.2 Å². The van der Waals surface area contributed by atoms with Gasteiger partial charge in [0.05, 0.1) is 35.1 Å². The molecule has 0 aliphatic rings. The summed E-state index contributed by atoms with van der Waals surface area (Å²) < 4.78 is 46.0. The van der Waals surface area contributed by atoms with Crippen LogP contribution in [-0.4, -0.2) is 77.0 Å². The molecule has 0 amide bonds. The number of H-pyrrole nitrogens is 2. The van der Waals surface area contributed by atoms with Crippen molar-refractivity contribution in [3.8, 4) is 39.7 Å². The number of likely N-dealkylation sites (N-methyl/N-ethyl adjacent to an activating group) is 1. The van der Waals surface area contributed by atoms with Crippen molar-refractivity contribution in [3.63, 3.8) is 0 Å². The number of nitrogens with zero attached hydrogens (tertiary/aromatic N) is 5. The monoisotopic (exact) mass is 600 g/mol. The number of pyridine rings is 3. The van der Waals surface area contributed by atoms with Crippen molar-refractivity contribution in [1.82, 2.24) is 39.8 Å². The lowest BCUT2D eigenvalue weighted by Crippen LogP contribution is -2.21. The number of aromatic nitrogens is 6. The predicted molar refractivity (Wildman–Crippen MR) is 163 cm³/mol. The number of aromatic amines is 2. The molecule has 0 aliphatic heterocycles. The van der Waals surface area contributed by atoms with E-state index in [2.05, 4.69) is 29.9 Å². The van der Waals surface area contributed by atoms with Crippen molar-refractivity contribution in [3.05, 3.63) is 78.5 Å². The molecule has 0 aliphatic carbocycles. The minimum Gasteiger partial charge on any atom is -0.491 e. The Morgan fingerprint density at radius 3 is 2.67 bits per heavy atom. The lowest BCUT2D eigenvalue weighted by Gasteiger charge is -2.11. The maximum Gasteiger partial charge on any atom is 0.209 e. The fourth-order valence-corrected chi connectivity index (χ4v) is 5.18. The second-order valence-electron chi connectivity index (χ2n) is 10.5. The molecule has 11 nitrogen and oxygen atoms in total. The molecule has 0 bridgehead atoms. The Kier molecular flexibility index (Phi) is 7.61. The van der Waals surface area contributed by atoms with Crippen molar-refractivity contribution in [2.45, 2.75) is 6.54 Å². The third-order valence-electron chi connectivity index (χ3n) is 6.80. The van der Waals surface area contributed by atoms with Gasteiger partial charge in [0.2, 0.25) is 10.0 Å². The number of halogens is 1. The van der Waals surface area contributed by atoms with Crippen LogP contribution in [-0.2, 0) is 16.6 Å². The average molecular weight is 601 g/mol. The van der Waals surface area contributed by atoms with Crippen LogP contribution in [0.15, 0.2) is 67.1 Å². The number of hydrogen-bond donors (Lipinski definition) is 3. The molecule has 5 heterocycles. The van der Waals surface area contributed by atoms with Crippen molar-refractivity contribution in [1.29, 1.82) is 0 Å². The van der Waals surface area contributed by atoms with Gasteiger partial charge in [0.1, 0.15) is 29.4 Å². The van der Waals surface area contributed by atoms with Crippen LogP contribution in [0.5, 0.6) is 5.75 Å². The zero-order valence-corrected chi connectivity index (χ0v) is 24.5. The Bertz CT molecular complexity index is 2060. The highest BCUT2D eigenvalue weighted by atomic mass is 32.2. The van der Waals surface area contributed by atoms with E-state index in [1.165, 1.54) is 12.1 Å². The second-order valence-corrected chi connectivity index (χ2v) is 12.3. The van der Waals surface area contributed by atoms with E-state index >= 15 is 0 Å². The van der Waals surface area contributed by atoms with Crippen LogP contribution in [0, 0.1) is 5.82 Å². The maximum absolute atomic E-state index is 14.6. The molecule has 0 atom stereocenters. The molecular weight excluding hydrogens is 571 g/mol. The molecule has 0 fully saturated rings. The van der Waals surface area contributed by atoms with Crippen molar-refractivity contribution >= 4 is 32.0 Å². The number of benzene rings is 1. The molecule has 13 heteroatoms. The van der Waals surface area contributed by atoms with Crippen molar-refractivity contribution in [2.75, 3.05) is 33.5 Å². The molecule has 0 unspecified atom stereocenters. The van der Waals surface area contributed by atoms with Crippen molar-refractivity contribution < 1.29 is 17.5 Å².